The van der Waals surface area contributed by atoms with E-state index in [2.05, 4.69) is 0 Å². The van der Waals surface area contributed by atoms with Gasteiger partial charge in [0.2, 0.25) is 11.8 Å². The van der Waals surface area contributed by atoms with Crippen molar-refractivity contribution in [3.05, 3.63) is 0 Å². The van der Waals surface area contributed by atoms with Gasteiger partial charge in [-0.05, 0) is 20.4 Å². The molecule has 1 rings (SSSR count). The van der Waals surface area contributed by atoms with Crippen molar-refractivity contribution in [2.75, 3.05) is 26.7 Å². The van der Waals surface area contributed by atoms with E-state index in [9.17, 15) is 9.59 Å². The van der Waals surface area contributed by atoms with Crippen LogP contribution >= 0.6 is 0 Å². The molecular formula is C11H20N2O3. The van der Waals surface area contributed by atoms with Crippen molar-refractivity contribution in [1.29, 1.82) is 0 Å². The Morgan fingerprint density at radius 2 is 1.88 bits per heavy atom. The van der Waals surface area contributed by atoms with Crippen molar-refractivity contribution in [3.8, 4) is 0 Å². The van der Waals surface area contributed by atoms with Gasteiger partial charge in [0.25, 0.3) is 0 Å². The van der Waals surface area contributed by atoms with E-state index in [1.54, 1.807) is 6.92 Å². The number of carbonyl (C=O) groups is 2. The largest absolute Gasteiger partial charge is 0.393 e. The number of imide groups is 1. The molecule has 0 aromatic heterocycles. The molecule has 1 aliphatic heterocycles. The molecule has 1 heterocycles. The fraction of sp³-hybridized carbons (Fsp3) is 0.818. The minimum absolute atomic E-state index is 0.0612. The van der Waals surface area contributed by atoms with E-state index in [0.717, 1.165) is 6.54 Å². The van der Waals surface area contributed by atoms with Crippen LogP contribution in [-0.4, -0.2) is 59.5 Å². The van der Waals surface area contributed by atoms with Crippen LogP contribution < -0.4 is 0 Å². The summed E-state index contributed by atoms with van der Waals surface area (Å²) in [7, 11) is 1.92. The van der Waals surface area contributed by atoms with Gasteiger partial charge in [-0.3, -0.25) is 14.5 Å². The molecule has 16 heavy (non-hydrogen) atoms. The first-order valence-corrected chi connectivity index (χ1v) is 5.70. The quantitative estimate of drug-likeness (QED) is 0.642. The molecule has 0 aliphatic carbocycles. The van der Waals surface area contributed by atoms with E-state index in [-0.39, 0.29) is 17.9 Å². The Kier molecular flexibility index (Phi) is 4.89. The van der Waals surface area contributed by atoms with Gasteiger partial charge >= 0.3 is 0 Å². The molecular weight excluding hydrogens is 208 g/mol. The number of carbonyl (C=O) groups excluding carboxylic acids is 2. The Bertz CT molecular complexity index is 250. The number of aliphatic hydroxyl groups is 1. The van der Waals surface area contributed by atoms with Crippen LogP contribution in [0.2, 0.25) is 0 Å². The second-order valence-corrected chi connectivity index (χ2v) is 4.38. The highest BCUT2D eigenvalue weighted by molar-refractivity contribution is 6.01. The third kappa shape index (κ3) is 3.90. The van der Waals surface area contributed by atoms with Crippen molar-refractivity contribution in [1.82, 2.24) is 9.80 Å². The van der Waals surface area contributed by atoms with Crippen LogP contribution in [-0.2, 0) is 9.59 Å². The topological polar surface area (TPSA) is 60.9 Å². The van der Waals surface area contributed by atoms with E-state index in [1.807, 2.05) is 11.9 Å². The maximum atomic E-state index is 11.3. The molecule has 1 N–H and O–H groups in total. The molecule has 1 fully saturated rings. The number of aliphatic hydroxyl groups excluding tert-OH is 1. The molecule has 0 aromatic carbocycles. The minimum atomic E-state index is -0.308. The fourth-order valence-electron chi connectivity index (χ4n) is 1.66. The molecule has 1 aliphatic rings. The highest BCUT2D eigenvalue weighted by Gasteiger charge is 2.28. The maximum absolute atomic E-state index is 11.3. The Morgan fingerprint density at radius 1 is 1.31 bits per heavy atom. The summed E-state index contributed by atoms with van der Waals surface area (Å²) in [5.74, 6) is -0.122. The van der Waals surface area contributed by atoms with Gasteiger partial charge in [0.15, 0.2) is 0 Å². The second-order valence-electron chi connectivity index (χ2n) is 4.38. The molecule has 0 aromatic rings. The van der Waals surface area contributed by atoms with E-state index >= 15 is 0 Å². The Labute approximate surface area is 96.0 Å². The van der Waals surface area contributed by atoms with Crippen LogP contribution in [0.15, 0.2) is 0 Å². The number of likely N-dealkylation sites (N-methyl/N-ethyl adjacent to an activating group) is 1. The van der Waals surface area contributed by atoms with E-state index in [0.29, 0.717) is 32.4 Å². The van der Waals surface area contributed by atoms with Crippen molar-refractivity contribution >= 4 is 11.8 Å². The molecule has 1 saturated heterocycles. The van der Waals surface area contributed by atoms with Gasteiger partial charge in [-0.2, -0.15) is 0 Å². The Hall–Kier alpha value is -0.940. The van der Waals surface area contributed by atoms with Gasteiger partial charge in [0.1, 0.15) is 0 Å². The van der Waals surface area contributed by atoms with Crippen LogP contribution in [0, 0.1) is 0 Å². The average molecular weight is 228 g/mol. The summed E-state index contributed by atoms with van der Waals surface area (Å²) < 4.78 is 0. The lowest BCUT2D eigenvalue weighted by Crippen LogP contribution is -2.37. The number of hydrogen-bond acceptors (Lipinski definition) is 4. The fourth-order valence-corrected chi connectivity index (χ4v) is 1.66. The van der Waals surface area contributed by atoms with E-state index in [4.69, 9.17) is 5.11 Å². The zero-order valence-electron chi connectivity index (χ0n) is 9.98. The van der Waals surface area contributed by atoms with Crippen molar-refractivity contribution < 1.29 is 14.7 Å². The summed E-state index contributed by atoms with van der Waals surface area (Å²) in [6, 6.07) is 0. The number of hydrogen-bond donors (Lipinski definition) is 1. The first-order valence-electron chi connectivity index (χ1n) is 5.70. The lowest BCUT2D eigenvalue weighted by atomic mass is 10.3. The smallest absolute Gasteiger partial charge is 0.229 e. The van der Waals surface area contributed by atoms with Crippen LogP contribution in [0.4, 0.5) is 0 Å². The van der Waals surface area contributed by atoms with Crippen molar-refractivity contribution in [2.45, 2.75) is 32.3 Å². The molecule has 0 radical (unpaired) electrons. The lowest BCUT2D eigenvalue weighted by Gasteiger charge is -2.21. The van der Waals surface area contributed by atoms with Crippen molar-refractivity contribution in [2.24, 2.45) is 0 Å². The summed E-state index contributed by atoms with van der Waals surface area (Å²) in [6.45, 7) is 3.66. The average Bonchev–Trinajstić information content (AvgIpc) is 2.53. The third-order valence-electron chi connectivity index (χ3n) is 2.79. The summed E-state index contributed by atoms with van der Waals surface area (Å²) >= 11 is 0. The standard InChI is InChI=1S/C11H20N2O3/c1-9(14)5-6-12(2)7-8-13-10(15)3-4-11(13)16/h9,14H,3-8H2,1-2H3. The van der Waals surface area contributed by atoms with Crippen LogP contribution in [0.25, 0.3) is 0 Å². The van der Waals surface area contributed by atoms with Crippen LogP contribution in [0.3, 0.4) is 0 Å². The molecule has 92 valence electrons. The number of likely N-dealkylation sites (tertiary alicyclic amines) is 1. The molecule has 0 bridgehead atoms. The molecule has 1 unspecified atom stereocenters. The lowest BCUT2D eigenvalue weighted by molar-refractivity contribution is -0.138. The van der Waals surface area contributed by atoms with Gasteiger partial charge in [0.05, 0.1) is 6.10 Å². The molecule has 2 amide bonds. The first-order chi connectivity index (χ1) is 7.50. The summed E-state index contributed by atoms with van der Waals surface area (Å²) in [5, 5.41) is 9.12. The predicted octanol–water partition coefficient (Wildman–Crippen LogP) is -0.162. The maximum Gasteiger partial charge on any atom is 0.229 e. The monoisotopic (exact) mass is 228 g/mol. The Morgan fingerprint density at radius 3 is 2.38 bits per heavy atom. The van der Waals surface area contributed by atoms with Gasteiger partial charge in [-0.25, -0.2) is 0 Å². The number of rotatable bonds is 6. The number of nitrogens with zero attached hydrogens (tertiary/aromatic N) is 2. The van der Waals surface area contributed by atoms with Gasteiger partial charge in [-0.15, -0.1) is 0 Å². The first kappa shape index (κ1) is 13.1. The predicted molar refractivity (Wildman–Crippen MR) is 59.7 cm³/mol. The van der Waals surface area contributed by atoms with Gasteiger partial charge in [-0.1, -0.05) is 0 Å². The molecule has 5 nitrogen and oxygen atoms in total. The zero-order chi connectivity index (χ0) is 12.1. The number of amides is 2. The highest BCUT2D eigenvalue weighted by atomic mass is 16.3. The van der Waals surface area contributed by atoms with Crippen LogP contribution in [0.5, 0.6) is 0 Å². The molecule has 1 atom stereocenters. The van der Waals surface area contributed by atoms with E-state index in [1.165, 1.54) is 4.90 Å². The zero-order valence-corrected chi connectivity index (χ0v) is 9.98. The highest BCUT2D eigenvalue weighted by Crippen LogP contribution is 2.10. The summed E-state index contributed by atoms with van der Waals surface area (Å²) in [6.07, 6.45) is 1.11. The third-order valence-corrected chi connectivity index (χ3v) is 2.79. The molecule has 5 heteroatoms. The molecule has 0 saturated carbocycles. The van der Waals surface area contributed by atoms with Crippen LogP contribution in [0.1, 0.15) is 26.2 Å². The normalized spacial score (nSPS) is 18.6. The van der Waals surface area contributed by atoms with Gasteiger partial charge in [0, 0.05) is 32.5 Å². The summed E-state index contributed by atoms with van der Waals surface area (Å²) in [4.78, 5) is 26.0. The summed E-state index contributed by atoms with van der Waals surface area (Å²) in [5.41, 5.74) is 0. The Balaban J connectivity index is 2.23. The second kappa shape index (κ2) is 5.96. The van der Waals surface area contributed by atoms with Gasteiger partial charge < -0.3 is 10.0 Å². The minimum Gasteiger partial charge on any atom is -0.393 e. The SMILES string of the molecule is CC(O)CCN(C)CCN1C(=O)CCC1=O. The van der Waals surface area contributed by atoms with E-state index < -0.39 is 0 Å². The van der Waals surface area contributed by atoms with Crippen molar-refractivity contribution in [3.63, 3.8) is 0 Å². The molecule has 0 spiro atoms.